The molecule has 6 nitrogen and oxygen atoms in total. The number of halogens is 1. The predicted molar refractivity (Wildman–Crippen MR) is 121 cm³/mol. The molecule has 31 heavy (non-hydrogen) atoms. The van der Waals surface area contributed by atoms with E-state index in [0.717, 1.165) is 22.4 Å². The van der Waals surface area contributed by atoms with Crippen molar-refractivity contribution in [3.8, 4) is 0 Å². The molecule has 1 aliphatic heterocycles. The molecule has 0 unspecified atom stereocenters. The lowest BCUT2D eigenvalue weighted by Crippen LogP contribution is -2.43. The van der Waals surface area contributed by atoms with E-state index >= 15 is 0 Å². The van der Waals surface area contributed by atoms with Crippen molar-refractivity contribution >= 4 is 40.1 Å². The molecule has 1 aliphatic rings. The summed E-state index contributed by atoms with van der Waals surface area (Å²) >= 11 is 7.63. The fraction of sp³-hybridized carbons (Fsp3) is 0.261. The minimum Gasteiger partial charge on any atom is -0.445 e. The number of thiazole rings is 1. The number of nitrogens with zero attached hydrogens (tertiary/aromatic N) is 2. The normalized spacial score (nSPS) is 15.6. The summed E-state index contributed by atoms with van der Waals surface area (Å²) in [4.78, 5) is 32.1. The van der Waals surface area contributed by atoms with E-state index in [0.29, 0.717) is 29.5 Å². The second-order valence-corrected chi connectivity index (χ2v) is 8.80. The molecule has 0 bridgehead atoms. The van der Waals surface area contributed by atoms with E-state index in [-0.39, 0.29) is 12.5 Å². The number of aromatic nitrogens is 1. The molecule has 1 saturated heterocycles. The van der Waals surface area contributed by atoms with Gasteiger partial charge in [-0.3, -0.25) is 9.69 Å². The largest absolute Gasteiger partial charge is 0.445 e. The Morgan fingerprint density at radius 2 is 1.94 bits per heavy atom. The maximum Gasteiger partial charge on any atom is 0.410 e. The lowest BCUT2D eigenvalue weighted by Gasteiger charge is -2.22. The van der Waals surface area contributed by atoms with E-state index in [1.54, 1.807) is 6.20 Å². The van der Waals surface area contributed by atoms with Gasteiger partial charge in [0.1, 0.15) is 12.6 Å². The standard InChI is InChI=1S/C23H22ClN3O3S/c24-19-10-5-4-9-17(19)13-18-14-25-22(31-18)26-21(28)20-11-6-12-27(20)23(29)30-15-16-7-2-1-3-8-16/h1-5,7-10,14,20H,6,11-13,15H2,(H,25,26,28)/t20-/m0/s1. The first-order valence-electron chi connectivity index (χ1n) is 10.1. The first-order chi connectivity index (χ1) is 15.1. The van der Waals surface area contributed by atoms with Crippen molar-refractivity contribution in [2.24, 2.45) is 0 Å². The first-order valence-corrected chi connectivity index (χ1v) is 11.3. The monoisotopic (exact) mass is 455 g/mol. The number of ether oxygens (including phenoxy) is 1. The molecule has 0 spiro atoms. The molecule has 1 aromatic heterocycles. The Balaban J connectivity index is 1.34. The van der Waals surface area contributed by atoms with Crippen molar-refractivity contribution in [3.63, 3.8) is 0 Å². The third-order valence-electron chi connectivity index (χ3n) is 5.10. The van der Waals surface area contributed by atoms with Crippen LogP contribution in [0, 0.1) is 0 Å². The number of nitrogens with one attached hydrogen (secondary N) is 1. The molecule has 8 heteroatoms. The number of benzene rings is 2. The number of likely N-dealkylation sites (tertiary alicyclic amines) is 1. The van der Waals surface area contributed by atoms with E-state index in [1.165, 1.54) is 16.2 Å². The molecule has 2 amide bonds. The van der Waals surface area contributed by atoms with Gasteiger partial charge in [0.2, 0.25) is 5.91 Å². The minimum atomic E-state index is -0.556. The van der Waals surface area contributed by atoms with Gasteiger partial charge in [-0.15, -0.1) is 11.3 Å². The summed E-state index contributed by atoms with van der Waals surface area (Å²) in [5.74, 6) is -0.243. The van der Waals surface area contributed by atoms with Crippen LogP contribution in [-0.4, -0.2) is 34.5 Å². The lowest BCUT2D eigenvalue weighted by atomic mass is 10.1. The van der Waals surface area contributed by atoms with Gasteiger partial charge >= 0.3 is 6.09 Å². The van der Waals surface area contributed by atoms with E-state index in [4.69, 9.17) is 16.3 Å². The molecule has 0 aliphatic carbocycles. The van der Waals surface area contributed by atoms with Crippen LogP contribution in [0.25, 0.3) is 0 Å². The van der Waals surface area contributed by atoms with E-state index in [1.807, 2.05) is 54.6 Å². The number of carbonyl (C=O) groups is 2. The van der Waals surface area contributed by atoms with Crippen molar-refractivity contribution < 1.29 is 14.3 Å². The summed E-state index contributed by atoms with van der Waals surface area (Å²) in [5, 5.41) is 4.07. The van der Waals surface area contributed by atoms with Crippen LogP contribution in [-0.2, 0) is 22.6 Å². The Bertz CT molecular complexity index is 1060. The van der Waals surface area contributed by atoms with Gasteiger partial charge in [-0.05, 0) is 30.0 Å². The second kappa shape index (κ2) is 9.94. The van der Waals surface area contributed by atoms with Gasteiger partial charge in [0, 0.05) is 29.1 Å². The number of hydrogen-bond donors (Lipinski definition) is 1. The highest BCUT2D eigenvalue weighted by molar-refractivity contribution is 7.15. The average Bonchev–Trinajstić information content (AvgIpc) is 3.44. The van der Waals surface area contributed by atoms with Gasteiger partial charge in [-0.2, -0.15) is 0 Å². The van der Waals surface area contributed by atoms with Crippen LogP contribution in [0.5, 0.6) is 0 Å². The maximum atomic E-state index is 12.8. The highest BCUT2D eigenvalue weighted by atomic mass is 35.5. The van der Waals surface area contributed by atoms with Gasteiger partial charge in [0.15, 0.2) is 5.13 Å². The number of carbonyl (C=O) groups excluding carboxylic acids is 2. The minimum absolute atomic E-state index is 0.183. The number of rotatable bonds is 6. The van der Waals surface area contributed by atoms with E-state index in [9.17, 15) is 9.59 Å². The molecule has 2 aromatic carbocycles. The molecule has 2 heterocycles. The molecule has 160 valence electrons. The van der Waals surface area contributed by atoms with Crippen LogP contribution >= 0.6 is 22.9 Å². The average molecular weight is 456 g/mol. The Hall–Kier alpha value is -2.90. The molecular weight excluding hydrogens is 434 g/mol. The number of amides is 2. The number of anilines is 1. The van der Waals surface area contributed by atoms with Crippen LogP contribution in [0.4, 0.5) is 9.93 Å². The van der Waals surface area contributed by atoms with Crippen LogP contribution in [0.1, 0.15) is 28.8 Å². The van der Waals surface area contributed by atoms with E-state index in [2.05, 4.69) is 10.3 Å². The van der Waals surface area contributed by atoms with Crippen LogP contribution in [0.3, 0.4) is 0 Å². The molecular formula is C23H22ClN3O3S. The van der Waals surface area contributed by atoms with E-state index < -0.39 is 12.1 Å². The zero-order chi connectivity index (χ0) is 21.6. The Labute approximate surface area is 189 Å². The highest BCUT2D eigenvalue weighted by Gasteiger charge is 2.35. The summed E-state index contributed by atoms with van der Waals surface area (Å²) in [7, 11) is 0. The molecule has 1 atom stereocenters. The van der Waals surface area contributed by atoms with Crippen molar-refractivity contribution in [1.29, 1.82) is 0 Å². The predicted octanol–water partition coefficient (Wildman–Crippen LogP) is 5.13. The van der Waals surface area contributed by atoms with Crippen LogP contribution < -0.4 is 5.32 Å². The van der Waals surface area contributed by atoms with Crippen LogP contribution in [0.15, 0.2) is 60.8 Å². The lowest BCUT2D eigenvalue weighted by molar-refractivity contribution is -0.120. The molecule has 1 N–H and O–H groups in total. The zero-order valence-corrected chi connectivity index (χ0v) is 18.4. The summed E-state index contributed by atoms with van der Waals surface area (Å²) in [6.45, 7) is 0.684. The molecule has 1 fully saturated rings. The maximum absolute atomic E-state index is 12.8. The third kappa shape index (κ3) is 5.42. The molecule has 0 radical (unpaired) electrons. The van der Waals surface area contributed by atoms with Crippen molar-refractivity contribution in [3.05, 3.63) is 81.8 Å². The Kier molecular flexibility index (Phi) is 6.84. The van der Waals surface area contributed by atoms with Crippen molar-refractivity contribution in [2.75, 3.05) is 11.9 Å². The zero-order valence-electron chi connectivity index (χ0n) is 16.8. The van der Waals surface area contributed by atoms with Gasteiger partial charge in [-0.25, -0.2) is 9.78 Å². The molecule has 4 rings (SSSR count). The Morgan fingerprint density at radius 3 is 2.74 bits per heavy atom. The van der Waals surface area contributed by atoms with Gasteiger partial charge in [-0.1, -0.05) is 60.1 Å². The van der Waals surface area contributed by atoms with Gasteiger partial charge in [0.25, 0.3) is 0 Å². The Morgan fingerprint density at radius 1 is 1.16 bits per heavy atom. The first kappa shape index (κ1) is 21.3. The second-order valence-electron chi connectivity index (χ2n) is 7.28. The molecule has 3 aromatic rings. The fourth-order valence-corrected chi connectivity index (χ4v) is 4.57. The summed E-state index contributed by atoms with van der Waals surface area (Å²) in [6, 6.07) is 16.6. The smallest absolute Gasteiger partial charge is 0.410 e. The fourth-order valence-electron chi connectivity index (χ4n) is 3.53. The van der Waals surface area contributed by atoms with Gasteiger partial charge < -0.3 is 10.1 Å². The highest BCUT2D eigenvalue weighted by Crippen LogP contribution is 2.26. The quantitative estimate of drug-likeness (QED) is 0.559. The summed E-state index contributed by atoms with van der Waals surface area (Å²) < 4.78 is 5.41. The third-order valence-corrected chi connectivity index (χ3v) is 6.38. The topological polar surface area (TPSA) is 71.5 Å². The SMILES string of the molecule is O=C(Nc1ncc(Cc2ccccc2Cl)s1)[C@@H]1CCCN1C(=O)OCc1ccccc1. The van der Waals surface area contributed by atoms with Crippen LogP contribution in [0.2, 0.25) is 5.02 Å². The summed E-state index contributed by atoms with van der Waals surface area (Å²) in [6.07, 6.45) is 3.27. The van der Waals surface area contributed by atoms with Crippen molar-refractivity contribution in [1.82, 2.24) is 9.88 Å². The number of hydrogen-bond acceptors (Lipinski definition) is 5. The van der Waals surface area contributed by atoms with Gasteiger partial charge in [0.05, 0.1) is 0 Å². The molecule has 0 saturated carbocycles. The van der Waals surface area contributed by atoms with Crippen molar-refractivity contribution in [2.45, 2.75) is 31.9 Å². The summed E-state index contributed by atoms with van der Waals surface area (Å²) in [5.41, 5.74) is 1.92.